The van der Waals surface area contributed by atoms with Gasteiger partial charge in [-0.25, -0.2) is 17.5 Å². The van der Waals surface area contributed by atoms with Crippen LogP contribution in [0.25, 0.3) is 0 Å². The van der Waals surface area contributed by atoms with Crippen LogP contribution in [-0.4, -0.2) is 44.1 Å². The third-order valence-electron chi connectivity index (χ3n) is 3.91. The van der Waals surface area contributed by atoms with E-state index in [0.717, 1.165) is 19.1 Å². The molecule has 0 radical (unpaired) electrons. The van der Waals surface area contributed by atoms with Gasteiger partial charge in [-0.1, -0.05) is 6.07 Å². The number of hydrogen-bond acceptors (Lipinski definition) is 5. The molecule has 128 valence electrons. The van der Waals surface area contributed by atoms with Gasteiger partial charge in [-0.3, -0.25) is 15.0 Å². The third kappa shape index (κ3) is 5.22. The molecule has 9 heteroatoms. The van der Waals surface area contributed by atoms with Crippen molar-refractivity contribution in [1.82, 2.24) is 9.62 Å². The molecule has 1 aromatic rings. The lowest BCUT2D eigenvalue weighted by Crippen LogP contribution is -2.40. The first-order chi connectivity index (χ1) is 10.8. The summed E-state index contributed by atoms with van der Waals surface area (Å²) in [7, 11) is -3.24. The van der Waals surface area contributed by atoms with Crippen LogP contribution in [0.4, 0.5) is 10.1 Å². The van der Waals surface area contributed by atoms with Crippen LogP contribution >= 0.6 is 0 Å². The minimum Gasteiger partial charge on any atom is -0.298 e. The number of nitro groups is 1. The van der Waals surface area contributed by atoms with Gasteiger partial charge in [0.2, 0.25) is 10.0 Å². The van der Waals surface area contributed by atoms with E-state index in [-0.39, 0.29) is 23.7 Å². The SMILES string of the molecule is CS(=O)(=O)NCC1CCCN(Cc2c(F)cccc2[N+](=O)[O-])C1. The molecular weight excluding hydrogens is 325 g/mol. The predicted molar refractivity (Wildman–Crippen MR) is 83.9 cm³/mol. The Bertz CT molecular complexity index is 681. The van der Waals surface area contributed by atoms with Crippen molar-refractivity contribution in [2.45, 2.75) is 19.4 Å². The quantitative estimate of drug-likeness (QED) is 0.623. The second kappa shape index (κ2) is 7.33. The standard InChI is InChI=1S/C14H20FN3O4S/c1-23(21,22)16-8-11-4-3-7-17(9-11)10-12-13(15)5-2-6-14(12)18(19)20/h2,5-6,11,16H,3-4,7-10H2,1H3. The lowest BCUT2D eigenvalue weighted by molar-refractivity contribution is -0.386. The van der Waals surface area contributed by atoms with Gasteiger partial charge in [0.05, 0.1) is 16.7 Å². The van der Waals surface area contributed by atoms with Crippen molar-refractivity contribution >= 4 is 15.7 Å². The summed E-state index contributed by atoms with van der Waals surface area (Å²) in [5, 5.41) is 11.0. The van der Waals surface area contributed by atoms with E-state index in [0.29, 0.717) is 19.6 Å². The van der Waals surface area contributed by atoms with E-state index >= 15 is 0 Å². The normalized spacial score (nSPS) is 19.7. The van der Waals surface area contributed by atoms with Crippen LogP contribution in [0.2, 0.25) is 0 Å². The molecule has 1 aliphatic heterocycles. The summed E-state index contributed by atoms with van der Waals surface area (Å²) < 4.78 is 38.7. The first kappa shape index (κ1) is 17.8. The Morgan fingerprint density at radius 2 is 2.22 bits per heavy atom. The Kier molecular flexibility index (Phi) is 5.66. The molecule has 1 aliphatic rings. The highest BCUT2D eigenvalue weighted by Crippen LogP contribution is 2.25. The zero-order valence-corrected chi connectivity index (χ0v) is 13.7. The first-order valence-corrected chi connectivity index (χ1v) is 9.24. The van der Waals surface area contributed by atoms with Crippen LogP contribution in [0.1, 0.15) is 18.4 Å². The van der Waals surface area contributed by atoms with Crippen LogP contribution in [-0.2, 0) is 16.6 Å². The van der Waals surface area contributed by atoms with Gasteiger partial charge in [0, 0.05) is 25.7 Å². The highest BCUT2D eigenvalue weighted by Gasteiger charge is 2.25. The number of nitrogens with zero attached hydrogens (tertiary/aromatic N) is 2. The van der Waals surface area contributed by atoms with Crippen LogP contribution in [0.15, 0.2) is 18.2 Å². The number of nitro benzene ring substituents is 1. The molecule has 7 nitrogen and oxygen atoms in total. The van der Waals surface area contributed by atoms with Crippen molar-refractivity contribution in [3.05, 3.63) is 39.7 Å². The van der Waals surface area contributed by atoms with E-state index in [9.17, 15) is 22.9 Å². The maximum absolute atomic E-state index is 13.9. The highest BCUT2D eigenvalue weighted by molar-refractivity contribution is 7.88. The van der Waals surface area contributed by atoms with E-state index in [2.05, 4.69) is 4.72 Å². The number of hydrogen-bond donors (Lipinski definition) is 1. The number of rotatable bonds is 6. The number of likely N-dealkylation sites (tertiary alicyclic amines) is 1. The predicted octanol–water partition coefficient (Wildman–Crippen LogP) is 1.50. The Morgan fingerprint density at radius 3 is 2.87 bits per heavy atom. The summed E-state index contributed by atoms with van der Waals surface area (Å²) in [6, 6.07) is 3.84. The molecule has 1 saturated heterocycles. The molecule has 1 atom stereocenters. The number of nitrogens with one attached hydrogen (secondary N) is 1. The highest BCUT2D eigenvalue weighted by atomic mass is 32.2. The van der Waals surface area contributed by atoms with Crippen molar-refractivity contribution < 1.29 is 17.7 Å². The average Bonchev–Trinajstić information content (AvgIpc) is 2.47. The third-order valence-corrected chi connectivity index (χ3v) is 4.60. The van der Waals surface area contributed by atoms with Gasteiger partial charge in [-0.2, -0.15) is 0 Å². The first-order valence-electron chi connectivity index (χ1n) is 7.35. The van der Waals surface area contributed by atoms with Crippen LogP contribution in [0.3, 0.4) is 0 Å². The minimum atomic E-state index is -3.24. The molecule has 0 saturated carbocycles. The van der Waals surface area contributed by atoms with Crippen molar-refractivity contribution in [3.8, 4) is 0 Å². The lowest BCUT2D eigenvalue weighted by Gasteiger charge is -2.32. The van der Waals surface area contributed by atoms with E-state index in [4.69, 9.17) is 0 Å². The fourth-order valence-corrected chi connectivity index (χ4v) is 3.37. The molecule has 1 heterocycles. The summed E-state index contributed by atoms with van der Waals surface area (Å²) in [6.07, 6.45) is 2.83. The smallest absolute Gasteiger partial charge is 0.276 e. The lowest BCUT2D eigenvalue weighted by atomic mass is 9.97. The van der Waals surface area contributed by atoms with E-state index in [1.807, 2.05) is 4.90 Å². The van der Waals surface area contributed by atoms with Crippen LogP contribution in [0, 0.1) is 21.8 Å². The molecule has 1 fully saturated rings. The minimum absolute atomic E-state index is 0.0780. The van der Waals surface area contributed by atoms with E-state index in [1.54, 1.807) is 0 Å². The van der Waals surface area contributed by atoms with Crippen molar-refractivity contribution in [3.63, 3.8) is 0 Å². The average molecular weight is 345 g/mol. The molecular formula is C14H20FN3O4S. The molecule has 0 amide bonds. The fraction of sp³-hybridized carbons (Fsp3) is 0.571. The Labute approximate surface area is 134 Å². The van der Waals surface area contributed by atoms with Crippen LogP contribution < -0.4 is 4.72 Å². The zero-order valence-electron chi connectivity index (χ0n) is 12.9. The molecule has 23 heavy (non-hydrogen) atoms. The molecule has 0 bridgehead atoms. The Balaban J connectivity index is 2.05. The zero-order chi connectivity index (χ0) is 17.0. The topological polar surface area (TPSA) is 92.6 Å². The number of benzene rings is 1. The van der Waals surface area contributed by atoms with E-state index < -0.39 is 20.8 Å². The van der Waals surface area contributed by atoms with Gasteiger partial charge in [0.1, 0.15) is 5.82 Å². The summed E-state index contributed by atoms with van der Waals surface area (Å²) in [5.74, 6) is -0.472. The maximum Gasteiger partial charge on any atom is 0.276 e. The second-order valence-electron chi connectivity index (χ2n) is 5.86. The van der Waals surface area contributed by atoms with Gasteiger partial charge >= 0.3 is 0 Å². The maximum atomic E-state index is 13.9. The molecule has 0 spiro atoms. The molecule has 1 aromatic carbocycles. The van der Waals surface area contributed by atoms with Crippen molar-refractivity contribution in [1.29, 1.82) is 0 Å². The summed E-state index contributed by atoms with van der Waals surface area (Å²) >= 11 is 0. The van der Waals surface area contributed by atoms with Gasteiger partial charge in [0.15, 0.2) is 0 Å². The van der Waals surface area contributed by atoms with Crippen molar-refractivity contribution in [2.75, 3.05) is 25.9 Å². The van der Waals surface area contributed by atoms with E-state index in [1.165, 1.54) is 18.2 Å². The molecule has 1 N–H and O–H groups in total. The number of halogens is 1. The van der Waals surface area contributed by atoms with Gasteiger partial charge in [0.25, 0.3) is 5.69 Å². The van der Waals surface area contributed by atoms with Gasteiger partial charge in [-0.05, 0) is 31.4 Å². The molecule has 0 aromatic heterocycles. The largest absolute Gasteiger partial charge is 0.298 e. The second-order valence-corrected chi connectivity index (χ2v) is 7.69. The fourth-order valence-electron chi connectivity index (χ4n) is 2.83. The number of sulfonamides is 1. The van der Waals surface area contributed by atoms with Crippen molar-refractivity contribution in [2.24, 2.45) is 5.92 Å². The Hall–Kier alpha value is -1.58. The molecule has 1 unspecified atom stereocenters. The monoisotopic (exact) mass is 345 g/mol. The molecule has 2 rings (SSSR count). The van der Waals surface area contributed by atoms with Gasteiger partial charge in [-0.15, -0.1) is 0 Å². The number of piperidine rings is 1. The molecule has 0 aliphatic carbocycles. The van der Waals surface area contributed by atoms with Gasteiger partial charge < -0.3 is 0 Å². The summed E-state index contributed by atoms with van der Waals surface area (Å²) in [6.45, 7) is 1.77. The van der Waals surface area contributed by atoms with Crippen LogP contribution in [0.5, 0.6) is 0 Å². The summed E-state index contributed by atoms with van der Waals surface area (Å²) in [5.41, 5.74) is -0.143. The Morgan fingerprint density at radius 1 is 1.48 bits per heavy atom. The summed E-state index contributed by atoms with van der Waals surface area (Å²) in [4.78, 5) is 12.4.